The molecule has 0 radical (unpaired) electrons. The van der Waals surface area contributed by atoms with Crippen molar-refractivity contribution in [1.82, 2.24) is 4.98 Å². The van der Waals surface area contributed by atoms with Crippen LogP contribution in [0.25, 0.3) is 0 Å². The van der Waals surface area contributed by atoms with Crippen molar-refractivity contribution in [3.05, 3.63) is 46.6 Å². The predicted molar refractivity (Wildman–Crippen MR) is 79.4 cm³/mol. The first-order chi connectivity index (χ1) is 9.65. The van der Waals surface area contributed by atoms with Crippen LogP contribution in [-0.4, -0.2) is 25.1 Å². The van der Waals surface area contributed by atoms with E-state index in [-0.39, 0.29) is 11.8 Å². The van der Waals surface area contributed by atoms with Crippen LogP contribution in [-0.2, 0) is 0 Å². The Morgan fingerprint density at radius 1 is 1.25 bits per heavy atom. The zero-order valence-corrected chi connectivity index (χ0v) is 12.6. The van der Waals surface area contributed by atoms with Crippen LogP contribution >= 0.6 is 15.9 Å². The highest BCUT2D eigenvalue weighted by Crippen LogP contribution is 2.28. The quantitative estimate of drug-likeness (QED) is 0.931. The SMILES string of the molecule is COc1ccc(Br)cc1NC(=O)c1cccnc1OC. The lowest BCUT2D eigenvalue weighted by Crippen LogP contribution is -2.14. The van der Waals surface area contributed by atoms with Crippen LogP contribution in [0.3, 0.4) is 0 Å². The lowest BCUT2D eigenvalue weighted by Gasteiger charge is -2.11. The van der Waals surface area contributed by atoms with E-state index in [0.29, 0.717) is 17.0 Å². The molecule has 0 aliphatic carbocycles. The Labute approximate surface area is 125 Å². The van der Waals surface area contributed by atoms with Gasteiger partial charge in [0.1, 0.15) is 11.3 Å². The average molecular weight is 337 g/mol. The molecule has 6 heteroatoms. The molecule has 20 heavy (non-hydrogen) atoms. The third kappa shape index (κ3) is 3.08. The number of rotatable bonds is 4. The number of anilines is 1. The van der Waals surface area contributed by atoms with Gasteiger partial charge in [-0.3, -0.25) is 4.79 Å². The van der Waals surface area contributed by atoms with Crippen molar-refractivity contribution in [2.45, 2.75) is 0 Å². The molecule has 104 valence electrons. The fraction of sp³-hybridized carbons (Fsp3) is 0.143. The summed E-state index contributed by atoms with van der Waals surface area (Å²) in [5.74, 6) is 0.537. The second-order valence-electron chi connectivity index (χ2n) is 3.86. The summed E-state index contributed by atoms with van der Waals surface area (Å²) in [6, 6.07) is 8.68. The van der Waals surface area contributed by atoms with E-state index < -0.39 is 0 Å². The van der Waals surface area contributed by atoms with Crippen LogP contribution in [0.15, 0.2) is 41.0 Å². The number of ether oxygens (including phenoxy) is 2. The van der Waals surface area contributed by atoms with E-state index in [1.165, 1.54) is 7.11 Å². The molecule has 1 N–H and O–H groups in total. The molecular formula is C14H13BrN2O3. The number of hydrogen-bond donors (Lipinski definition) is 1. The molecule has 0 bridgehead atoms. The average Bonchev–Trinajstić information content (AvgIpc) is 2.47. The highest BCUT2D eigenvalue weighted by Gasteiger charge is 2.15. The van der Waals surface area contributed by atoms with Crippen molar-refractivity contribution in [2.75, 3.05) is 19.5 Å². The maximum Gasteiger partial charge on any atom is 0.261 e. The van der Waals surface area contributed by atoms with Crippen LogP contribution < -0.4 is 14.8 Å². The molecule has 1 heterocycles. The number of benzene rings is 1. The number of pyridine rings is 1. The molecule has 0 atom stereocenters. The van der Waals surface area contributed by atoms with Gasteiger partial charge in [0.2, 0.25) is 5.88 Å². The Morgan fingerprint density at radius 3 is 2.75 bits per heavy atom. The van der Waals surface area contributed by atoms with E-state index >= 15 is 0 Å². The Morgan fingerprint density at radius 2 is 2.05 bits per heavy atom. The Balaban J connectivity index is 2.30. The summed E-state index contributed by atoms with van der Waals surface area (Å²) in [6.45, 7) is 0. The first-order valence-electron chi connectivity index (χ1n) is 5.79. The molecule has 0 unspecified atom stereocenters. The van der Waals surface area contributed by atoms with Crippen LogP contribution in [0.4, 0.5) is 5.69 Å². The zero-order valence-electron chi connectivity index (χ0n) is 11.0. The van der Waals surface area contributed by atoms with E-state index in [4.69, 9.17) is 9.47 Å². The van der Waals surface area contributed by atoms with E-state index in [2.05, 4.69) is 26.2 Å². The van der Waals surface area contributed by atoms with Crippen LogP contribution in [0.1, 0.15) is 10.4 Å². The molecule has 0 aliphatic rings. The lowest BCUT2D eigenvalue weighted by atomic mass is 10.2. The molecule has 0 fully saturated rings. The number of hydrogen-bond acceptors (Lipinski definition) is 4. The van der Waals surface area contributed by atoms with Gasteiger partial charge in [-0.05, 0) is 30.3 Å². The van der Waals surface area contributed by atoms with Crippen molar-refractivity contribution in [2.24, 2.45) is 0 Å². The number of carbonyl (C=O) groups is 1. The largest absolute Gasteiger partial charge is 0.495 e. The third-order valence-electron chi connectivity index (χ3n) is 2.62. The van der Waals surface area contributed by atoms with Gasteiger partial charge < -0.3 is 14.8 Å². The number of carbonyl (C=O) groups excluding carboxylic acids is 1. The van der Waals surface area contributed by atoms with Crippen molar-refractivity contribution < 1.29 is 14.3 Å². The van der Waals surface area contributed by atoms with Crippen molar-refractivity contribution in [3.63, 3.8) is 0 Å². The minimum absolute atomic E-state index is 0.277. The molecule has 1 aromatic carbocycles. The summed E-state index contributed by atoms with van der Waals surface area (Å²) in [5, 5.41) is 2.78. The Bertz CT molecular complexity index is 632. The van der Waals surface area contributed by atoms with Gasteiger partial charge in [0.15, 0.2) is 0 Å². The molecule has 2 aromatic rings. The first kappa shape index (κ1) is 14.3. The molecular weight excluding hydrogens is 324 g/mol. The molecule has 5 nitrogen and oxygen atoms in total. The van der Waals surface area contributed by atoms with Gasteiger partial charge in [-0.1, -0.05) is 15.9 Å². The van der Waals surface area contributed by atoms with E-state index in [1.807, 2.05) is 6.07 Å². The highest BCUT2D eigenvalue weighted by atomic mass is 79.9. The Kier molecular flexibility index (Phi) is 4.57. The minimum atomic E-state index is -0.314. The summed E-state index contributed by atoms with van der Waals surface area (Å²) >= 11 is 3.36. The zero-order chi connectivity index (χ0) is 14.5. The number of nitrogens with zero attached hydrogens (tertiary/aromatic N) is 1. The molecule has 0 spiro atoms. The maximum atomic E-state index is 12.3. The predicted octanol–water partition coefficient (Wildman–Crippen LogP) is 3.11. The number of halogens is 1. The minimum Gasteiger partial charge on any atom is -0.495 e. The second kappa shape index (κ2) is 6.38. The van der Waals surface area contributed by atoms with Crippen LogP contribution in [0.2, 0.25) is 0 Å². The van der Waals surface area contributed by atoms with E-state index in [9.17, 15) is 4.79 Å². The fourth-order valence-electron chi connectivity index (χ4n) is 1.69. The Hall–Kier alpha value is -2.08. The standard InChI is InChI=1S/C14H13BrN2O3/c1-19-12-6-5-9(15)8-11(12)17-13(18)10-4-3-7-16-14(10)20-2/h3-8H,1-2H3,(H,17,18). The first-order valence-corrected chi connectivity index (χ1v) is 6.59. The van der Waals surface area contributed by atoms with Gasteiger partial charge in [0.05, 0.1) is 19.9 Å². The van der Waals surface area contributed by atoms with E-state index in [1.54, 1.807) is 37.6 Å². The van der Waals surface area contributed by atoms with Gasteiger partial charge >= 0.3 is 0 Å². The van der Waals surface area contributed by atoms with Crippen molar-refractivity contribution in [3.8, 4) is 11.6 Å². The monoisotopic (exact) mass is 336 g/mol. The van der Waals surface area contributed by atoms with Gasteiger partial charge in [-0.2, -0.15) is 0 Å². The summed E-state index contributed by atoms with van der Waals surface area (Å²) < 4.78 is 11.1. The summed E-state index contributed by atoms with van der Waals surface area (Å²) in [7, 11) is 3.02. The molecule has 0 saturated carbocycles. The summed E-state index contributed by atoms with van der Waals surface area (Å²) in [6.07, 6.45) is 1.56. The van der Waals surface area contributed by atoms with Crippen molar-refractivity contribution in [1.29, 1.82) is 0 Å². The summed E-state index contributed by atoms with van der Waals surface area (Å²) in [5.41, 5.74) is 0.926. The van der Waals surface area contributed by atoms with Crippen molar-refractivity contribution >= 4 is 27.5 Å². The molecule has 2 rings (SSSR count). The normalized spacial score (nSPS) is 9.95. The number of amides is 1. The van der Waals surface area contributed by atoms with Gasteiger partial charge in [0, 0.05) is 10.7 Å². The second-order valence-corrected chi connectivity index (χ2v) is 4.77. The van der Waals surface area contributed by atoms with E-state index in [0.717, 1.165) is 4.47 Å². The lowest BCUT2D eigenvalue weighted by molar-refractivity contribution is 0.102. The van der Waals surface area contributed by atoms with Gasteiger partial charge in [-0.15, -0.1) is 0 Å². The fourth-order valence-corrected chi connectivity index (χ4v) is 2.05. The van der Waals surface area contributed by atoms with Crippen LogP contribution in [0.5, 0.6) is 11.6 Å². The smallest absolute Gasteiger partial charge is 0.261 e. The molecule has 0 saturated heterocycles. The number of aromatic nitrogens is 1. The van der Waals surface area contributed by atoms with Gasteiger partial charge in [0.25, 0.3) is 5.91 Å². The topological polar surface area (TPSA) is 60.5 Å². The van der Waals surface area contributed by atoms with Crippen LogP contribution in [0, 0.1) is 0 Å². The molecule has 0 aliphatic heterocycles. The third-order valence-corrected chi connectivity index (χ3v) is 3.11. The summed E-state index contributed by atoms with van der Waals surface area (Å²) in [4.78, 5) is 16.3. The highest BCUT2D eigenvalue weighted by molar-refractivity contribution is 9.10. The number of methoxy groups -OCH3 is 2. The number of nitrogens with one attached hydrogen (secondary N) is 1. The molecule has 1 aromatic heterocycles. The maximum absolute atomic E-state index is 12.3. The van der Waals surface area contributed by atoms with Gasteiger partial charge in [-0.25, -0.2) is 4.98 Å². The molecule has 1 amide bonds.